The number of hydrogen-bond donors (Lipinski definition) is 1. The van der Waals surface area contributed by atoms with Crippen molar-refractivity contribution >= 4 is 11.8 Å². The van der Waals surface area contributed by atoms with Gasteiger partial charge in [-0.2, -0.15) is 0 Å². The summed E-state index contributed by atoms with van der Waals surface area (Å²) in [6.07, 6.45) is 9.33. The first-order valence-electron chi connectivity index (χ1n) is 11.5. The van der Waals surface area contributed by atoms with Gasteiger partial charge in [0, 0.05) is 31.7 Å². The summed E-state index contributed by atoms with van der Waals surface area (Å²) in [6, 6.07) is 8.36. The summed E-state index contributed by atoms with van der Waals surface area (Å²) in [5.74, 6) is 2.32. The van der Waals surface area contributed by atoms with E-state index in [4.69, 9.17) is 0 Å². The van der Waals surface area contributed by atoms with Crippen molar-refractivity contribution in [3.63, 3.8) is 0 Å². The first-order chi connectivity index (χ1) is 14.0. The Balaban J connectivity index is 1.20. The van der Waals surface area contributed by atoms with Crippen LogP contribution < -0.4 is 0 Å². The highest BCUT2D eigenvalue weighted by Crippen LogP contribution is 2.49. The standard InChI is InChI=1S/C24H32N2O3/c27-22(25-13-15-26(16-14-25)23(28)24(29)11-12-24)19-9-7-18(8-10-19)21-6-2-4-17-3-1-5-20(17)21/h7-10,17,20-21,29H,1-6,11-16H2. The third-order valence-corrected chi connectivity index (χ3v) is 7.89. The Bertz CT molecular complexity index is 778. The summed E-state index contributed by atoms with van der Waals surface area (Å²) in [7, 11) is 0. The van der Waals surface area contributed by atoms with Crippen LogP contribution in [0.4, 0.5) is 0 Å². The molecule has 1 aliphatic heterocycles. The van der Waals surface area contributed by atoms with Crippen molar-refractivity contribution in [2.75, 3.05) is 26.2 Å². The summed E-state index contributed by atoms with van der Waals surface area (Å²) < 4.78 is 0. The molecular weight excluding hydrogens is 364 g/mol. The van der Waals surface area contributed by atoms with Gasteiger partial charge in [0.25, 0.3) is 11.8 Å². The smallest absolute Gasteiger partial charge is 0.254 e. The Morgan fingerprint density at radius 1 is 0.862 bits per heavy atom. The summed E-state index contributed by atoms with van der Waals surface area (Å²) >= 11 is 0. The molecule has 0 spiro atoms. The summed E-state index contributed by atoms with van der Waals surface area (Å²) in [5, 5.41) is 10.0. The molecule has 156 valence electrons. The Morgan fingerprint density at radius 3 is 2.14 bits per heavy atom. The number of carbonyl (C=O) groups is 2. The zero-order valence-electron chi connectivity index (χ0n) is 17.2. The van der Waals surface area contributed by atoms with Crippen LogP contribution in [-0.2, 0) is 4.79 Å². The Labute approximate surface area is 173 Å². The van der Waals surface area contributed by atoms with Crippen LogP contribution in [0.2, 0.25) is 0 Å². The van der Waals surface area contributed by atoms with Gasteiger partial charge in [-0.15, -0.1) is 0 Å². The zero-order chi connectivity index (χ0) is 20.0. The Hall–Kier alpha value is -1.88. The van der Waals surface area contributed by atoms with Crippen LogP contribution in [0.15, 0.2) is 24.3 Å². The monoisotopic (exact) mass is 396 g/mol. The molecule has 1 aromatic carbocycles. The second-order valence-electron chi connectivity index (χ2n) is 9.63. The van der Waals surface area contributed by atoms with Gasteiger partial charge in [0.1, 0.15) is 5.60 Å². The summed E-state index contributed by atoms with van der Waals surface area (Å²) in [4.78, 5) is 28.7. The van der Waals surface area contributed by atoms with Crippen molar-refractivity contribution in [1.82, 2.24) is 9.80 Å². The minimum Gasteiger partial charge on any atom is -0.380 e. The van der Waals surface area contributed by atoms with Gasteiger partial charge in [0.05, 0.1) is 0 Å². The maximum atomic E-state index is 12.9. The molecule has 0 aromatic heterocycles. The van der Waals surface area contributed by atoms with Crippen LogP contribution >= 0.6 is 0 Å². The maximum Gasteiger partial charge on any atom is 0.254 e. The van der Waals surface area contributed by atoms with E-state index in [1.54, 1.807) is 4.90 Å². The number of carbonyl (C=O) groups excluding carboxylic acids is 2. The molecule has 5 heteroatoms. The molecule has 1 saturated heterocycles. The van der Waals surface area contributed by atoms with E-state index in [0.717, 1.165) is 17.4 Å². The molecule has 5 rings (SSSR count). The van der Waals surface area contributed by atoms with E-state index in [1.165, 1.54) is 44.1 Å². The van der Waals surface area contributed by atoms with Crippen LogP contribution in [-0.4, -0.2) is 58.5 Å². The average molecular weight is 397 g/mol. The molecule has 0 bridgehead atoms. The second-order valence-corrected chi connectivity index (χ2v) is 9.63. The van der Waals surface area contributed by atoms with Gasteiger partial charge in [0.2, 0.25) is 0 Å². The number of nitrogens with zero attached hydrogens (tertiary/aromatic N) is 2. The molecule has 3 atom stereocenters. The van der Waals surface area contributed by atoms with Gasteiger partial charge in [-0.25, -0.2) is 0 Å². The van der Waals surface area contributed by atoms with Crippen LogP contribution in [0, 0.1) is 11.8 Å². The lowest BCUT2D eigenvalue weighted by Crippen LogP contribution is -2.53. The lowest BCUT2D eigenvalue weighted by molar-refractivity contribution is -0.143. The van der Waals surface area contributed by atoms with Crippen molar-refractivity contribution < 1.29 is 14.7 Å². The fourth-order valence-electron chi connectivity index (χ4n) is 5.98. The third kappa shape index (κ3) is 3.58. The largest absolute Gasteiger partial charge is 0.380 e. The lowest BCUT2D eigenvalue weighted by atomic mass is 9.71. The van der Waals surface area contributed by atoms with Crippen LogP contribution in [0.3, 0.4) is 0 Å². The predicted octanol–water partition coefficient (Wildman–Crippen LogP) is 3.18. The van der Waals surface area contributed by atoms with Crippen LogP contribution in [0.1, 0.15) is 73.2 Å². The van der Waals surface area contributed by atoms with Crippen molar-refractivity contribution in [3.05, 3.63) is 35.4 Å². The van der Waals surface area contributed by atoms with Crippen LogP contribution in [0.25, 0.3) is 0 Å². The highest BCUT2D eigenvalue weighted by molar-refractivity contribution is 5.94. The first-order valence-corrected chi connectivity index (χ1v) is 11.5. The van der Waals surface area contributed by atoms with Crippen LogP contribution in [0.5, 0.6) is 0 Å². The molecule has 1 N–H and O–H groups in total. The van der Waals surface area contributed by atoms with Gasteiger partial charge in [-0.1, -0.05) is 37.8 Å². The average Bonchev–Trinajstić information content (AvgIpc) is 3.33. The molecule has 4 fully saturated rings. The molecule has 1 aromatic rings. The number of aliphatic hydroxyl groups is 1. The van der Waals surface area contributed by atoms with Gasteiger partial charge in [-0.05, 0) is 61.1 Å². The highest BCUT2D eigenvalue weighted by atomic mass is 16.3. The zero-order valence-corrected chi connectivity index (χ0v) is 17.2. The number of fused-ring (bicyclic) bond motifs is 1. The molecule has 0 radical (unpaired) electrons. The molecule has 4 aliphatic rings. The van der Waals surface area contributed by atoms with E-state index in [-0.39, 0.29) is 11.8 Å². The van der Waals surface area contributed by atoms with Crippen molar-refractivity contribution in [3.8, 4) is 0 Å². The highest BCUT2D eigenvalue weighted by Gasteiger charge is 2.50. The van der Waals surface area contributed by atoms with Crippen molar-refractivity contribution in [2.45, 2.75) is 62.9 Å². The van der Waals surface area contributed by atoms with Crippen molar-refractivity contribution in [2.24, 2.45) is 11.8 Å². The van der Waals surface area contributed by atoms with Gasteiger partial charge in [0.15, 0.2) is 0 Å². The topological polar surface area (TPSA) is 60.9 Å². The van der Waals surface area contributed by atoms with E-state index >= 15 is 0 Å². The number of piperazine rings is 1. The molecular formula is C24H32N2O3. The molecule has 3 saturated carbocycles. The Morgan fingerprint density at radius 2 is 1.48 bits per heavy atom. The van der Waals surface area contributed by atoms with E-state index in [0.29, 0.717) is 44.9 Å². The minimum atomic E-state index is -1.11. The first kappa shape index (κ1) is 19.1. The quantitative estimate of drug-likeness (QED) is 0.854. The minimum absolute atomic E-state index is 0.0520. The van der Waals surface area contributed by atoms with E-state index in [2.05, 4.69) is 12.1 Å². The number of rotatable bonds is 3. The van der Waals surface area contributed by atoms with E-state index in [1.807, 2.05) is 17.0 Å². The summed E-state index contributed by atoms with van der Waals surface area (Å²) in [5.41, 5.74) is 1.04. The van der Waals surface area contributed by atoms with Gasteiger partial charge >= 0.3 is 0 Å². The molecule has 2 amide bonds. The van der Waals surface area contributed by atoms with E-state index in [9.17, 15) is 14.7 Å². The fourth-order valence-corrected chi connectivity index (χ4v) is 5.98. The molecule has 1 heterocycles. The molecule has 5 nitrogen and oxygen atoms in total. The number of hydrogen-bond acceptors (Lipinski definition) is 3. The fraction of sp³-hybridized carbons (Fsp3) is 0.667. The molecule has 3 aliphatic carbocycles. The second kappa shape index (κ2) is 7.42. The van der Waals surface area contributed by atoms with Gasteiger partial charge < -0.3 is 14.9 Å². The number of amides is 2. The van der Waals surface area contributed by atoms with Gasteiger partial charge in [-0.3, -0.25) is 9.59 Å². The lowest BCUT2D eigenvalue weighted by Gasteiger charge is -2.36. The van der Waals surface area contributed by atoms with E-state index < -0.39 is 5.60 Å². The predicted molar refractivity (Wildman–Crippen MR) is 111 cm³/mol. The molecule has 29 heavy (non-hydrogen) atoms. The van der Waals surface area contributed by atoms with Crippen molar-refractivity contribution in [1.29, 1.82) is 0 Å². The SMILES string of the molecule is O=C(c1ccc(C2CCCC3CCCC32)cc1)N1CCN(C(=O)C2(O)CC2)CC1. The maximum absolute atomic E-state index is 12.9. The number of benzene rings is 1. The third-order valence-electron chi connectivity index (χ3n) is 7.89. The Kier molecular flexibility index (Phi) is 4.89. The summed E-state index contributed by atoms with van der Waals surface area (Å²) in [6.45, 7) is 2.09. The molecule has 3 unspecified atom stereocenters. The normalized spacial score (nSPS) is 30.7.